The van der Waals surface area contributed by atoms with Crippen molar-refractivity contribution in [3.8, 4) is 0 Å². The molecule has 1 rings (SSSR count). The van der Waals surface area contributed by atoms with E-state index in [4.69, 9.17) is 9.47 Å². The minimum absolute atomic E-state index is 0.255. The van der Waals surface area contributed by atoms with Gasteiger partial charge >= 0.3 is 12.1 Å². The van der Waals surface area contributed by atoms with Gasteiger partial charge in [-0.1, -0.05) is 42.5 Å². The number of amides is 2. The van der Waals surface area contributed by atoms with Crippen LogP contribution >= 0.6 is 0 Å². The molecule has 0 aliphatic heterocycles. The molecular formula is C25H36N2O5. The lowest BCUT2D eigenvalue weighted by Crippen LogP contribution is -2.62. The summed E-state index contributed by atoms with van der Waals surface area (Å²) in [4.78, 5) is 38.6. The number of allylic oxidation sites excluding steroid dienone is 2. The first-order chi connectivity index (χ1) is 15.1. The lowest BCUT2D eigenvalue weighted by Gasteiger charge is -2.35. The van der Waals surface area contributed by atoms with Gasteiger partial charge in [0.25, 0.3) is 0 Å². The van der Waals surface area contributed by atoms with E-state index in [9.17, 15) is 14.4 Å². The maximum atomic E-state index is 13.5. The number of benzene rings is 1. The lowest BCUT2D eigenvalue weighted by atomic mass is 9.86. The summed E-state index contributed by atoms with van der Waals surface area (Å²) in [5.74, 6) is -1.06. The van der Waals surface area contributed by atoms with Crippen LogP contribution in [0.4, 0.5) is 4.79 Å². The third kappa shape index (κ3) is 8.96. The molecule has 0 spiro atoms. The Bertz CT molecular complexity index is 771. The zero-order chi connectivity index (χ0) is 24.2. The van der Waals surface area contributed by atoms with E-state index < -0.39 is 35.2 Å². The van der Waals surface area contributed by atoms with Gasteiger partial charge in [-0.05, 0) is 52.0 Å². The van der Waals surface area contributed by atoms with Gasteiger partial charge in [-0.2, -0.15) is 0 Å². The van der Waals surface area contributed by atoms with Gasteiger partial charge in [0.15, 0.2) is 0 Å². The summed E-state index contributed by atoms with van der Waals surface area (Å²) < 4.78 is 10.3. The third-order valence-corrected chi connectivity index (χ3v) is 4.80. The molecule has 0 saturated heterocycles. The quantitative estimate of drug-likeness (QED) is 0.374. The average molecular weight is 445 g/mol. The fourth-order valence-electron chi connectivity index (χ4n) is 3.21. The number of methoxy groups -OCH3 is 1. The summed E-state index contributed by atoms with van der Waals surface area (Å²) in [7, 11) is 1.27. The van der Waals surface area contributed by atoms with Crippen LogP contribution in [0.1, 0.15) is 52.0 Å². The summed E-state index contributed by atoms with van der Waals surface area (Å²) in [6.45, 7) is 12.7. The van der Waals surface area contributed by atoms with Crippen molar-refractivity contribution in [2.45, 2.75) is 70.1 Å². The molecule has 7 nitrogen and oxygen atoms in total. The minimum Gasteiger partial charge on any atom is -0.467 e. The summed E-state index contributed by atoms with van der Waals surface area (Å²) in [5, 5.41) is 5.55. The van der Waals surface area contributed by atoms with Gasteiger partial charge in [0.1, 0.15) is 17.2 Å². The van der Waals surface area contributed by atoms with Crippen LogP contribution in [0.25, 0.3) is 0 Å². The highest BCUT2D eigenvalue weighted by Gasteiger charge is 2.41. The molecule has 0 saturated carbocycles. The number of ether oxygens (including phenoxy) is 2. The third-order valence-electron chi connectivity index (χ3n) is 4.80. The highest BCUT2D eigenvalue weighted by atomic mass is 16.6. The van der Waals surface area contributed by atoms with Crippen LogP contribution in [-0.2, 0) is 25.5 Å². The van der Waals surface area contributed by atoms with E-state index >= 15 is 0 Å². The maximum Gasteiger partial charge on any atom is 0.408 e. The van der Waals surface area contributed by atoms with E-state index in [-0.39, 0.29) is 19.3 Å². The fraction of sp³-hybridized carbons (Fsp3) is 0.480. The Balaban J connectivity index is 3.22. The van der Waals surface area contributed by atoms with E-state index in [2.05, 4.69) is 23.8 Å². The molecular weight excluding hydrogens is 408 g/mol. The predicted molar refractivity (Wildman–Crippen MR) is 125 cm³/mol. The van der Waals surface area contributed by atoms with Gasteiger partial charge < -0.3 is 20.1 Å². The number of carbonyl (C=O) groups excluding carboxylic acids is 3. The second-order valence-electron chi connectivity index (χ2n) is 8.60. The average Bonchev–Trinajstić information content (AvgIpc) is 2.73. The molecule has 1 atom stereocenters. The number of esters is 1. The molecule has 0 aliphatic rings. The van der Waals surface area contributed by atoms with Crippen LogP contribution in [0, 0.1) is 0 Å². The summed E-state index contributed by atoms with van der Waals surface area (Å²) in [6.07, 6.45) is 4.42. The SMILES string of the molecule is C=CCCC(CCC=C)(NC(=O)OC(C)(C)C)C(=O)N[C@@H](Cc1ccccc1)C(=O)OC. The van der Waals surface area contributed by atoms with Crippen LogP contribution < -0.4 is 10.6 Å². The molecule has 32 heavy (non-hydrogen) atoms. The number of hydrogen-bond donors (Lipinski definition) is 2. The van der Waals surface area contributed by atoms with Crippen molar-refractivity contribution >= 4 is 18.0 Å². The van der Waals surface area contributed by atoms with Crippen molar-refractivity contribution in [2.75, 3.05) is 7.11 Å². The molecule has 0 radical (unpaired) electrons. The zero-order valence-corrected chi connectivity index (χ0v) is 19.6. The first kappa shape index (κ1) is 26.9. The first-order valence-corrected chi connectivity index (χ1v) is 10.7. The number of nitrogens with one attached hydrogen (secondary N) is 2. The monoisotopic (exact) mass is 444 g/mol. The van der Waals surface area contributed by atoms with Gasteiger partial charge in [0, 0.05) is 6.42 Å². The highest BCUT2D eigenvalue weighted by molar-refractivity contribution is 5.93. The van der Waals surface area contributed by atoms with Crippen LogP contribution in [0.5, 0.6) is 0 Å². The number of rotatable bonds is 12. The van der Waals surface area contributed by atoms with E-state index in [1.54, 1.807) is 32.9 Å². The van der Waals surface area contributed by atoms with Gasteiger partial charge in [-0.3, -0.25) is 4.79 Å². The topological polar surface area (TPSA) is 93.7 Å². The van der Waals surface area contributed by atoms with E-state index in [0.29, 0.717) is 12.8 Å². The standard InChI is InChI=1S/C25H36N2O5/c1-7-9-16-25(17-10-8-2,27-23(30)32-24(3,4)5)22(29)26-20(21(28)31-6)18-19-14-12-11-13-15-19/h7-8,11-15,20H,1-2,9-10,16-18H2,3-6H3,(H,26,29)(H,27,30)/t20-/m0/s1. The fourth-order valence-corrected chi connectivity index (χ4v) is 3.21. The zero-order valence-electron chi connectivity index (χ0n) is 19.6. The Morgan fingerprint density at radius 1 is 1.03 bits per heavy atom. The molecule has 0 heterocycles. The van der Waals surface area contributed by atoms with Crippen molar-refractivity contribution < 1.29 is 23.9 Å². The van der Waals surface area contributed by atoms with Crippen LogP contribution in [0.15, 0.2) is 55.6 Å². The first-order valence-electron chi connectivity index (χ1n) is 10.7. The summed E-state index contributed by atoms with van der Waals surface area (Å²) in [6, 6.07) is 8.40. The second kappa shape index (κ2) is 12.7. The minimum atomic E-state index is -1.31. The Hall–Kier alpha value is -3.09. The molecule has 0 fully saturated rings. The molecule has 1 aromatic rings. The lowest BCUT2D eigenvalue weighted by molar-refractivity contribution is -0.146. The highest BCUT2D eigenvalue weighted by Crippen LogP contribution is 2.23. The molecule has 2 amide bonds. The molecule has 176 valence electrons. The smallest absolute Gasteiger partial charge is 0.408 e. The van der Waals surface area contributed by atoms with Gasteiger partial charge in [0.2, 0.25) is 5.91 Å². The molecule has 7 heteroatoms. The Labute approximate surface area is 191 Å². The Morgan fingerprint density at radius 3 is 2.06 bits per heavy atom. The second-order valence-corrected chi connectivity index (χ2v) is 8.60. The van der Waals surface area contributed by atoms with Gasteiger partial charge in [0.05, 0.1) is 7.11 Å². The number of carbonyl (C=O) groups is 3. The molecule has 0 aromatic heterocycles. The van der Waals surface area contributed by atoms with Crippen molar-refractivity contribution in [3.05, 3.63) is 61.2 Å². The number of alkyl carbamates (subject to hydrolysis) is 1. The van der Waals surface area contributed by atoms with Crippen LogP contribution in [0.2, 0.25) is 0 Å². The van der Waals surface area contributed by atoms with Crippen molar-refractivity contribution in [2.24, 2.45) is 0 Å². The van der Waals surface area contributed by atoms with Gasteiger partial charge in [-0.15, -0.1) is 13.2 Å². The summed E-state index contributed by atoms with van der Waals surface area (Å²) in [5.41, 5.74) is -1.18. The van der Waals surface area contributed by atoms with Crippen LogP contribution in [-0.4, -0.2) is 42.3 Å². The normalized spacial score (nSPS) is 12.2. The Morgan fingerprint density at radius 2 is 1.59 bits per heavy atom. The van der Waals surface area contributed by atoms with Crippen LogP contribution in [0.3, 0.4) is 0 Å². The maximum absolute atomic E-state index is 13.5. The Kier molecular flexibility index (Phi) is 10.7. The molecule has 0 unspecified atom stereocenters. The van der Waals surface area contributed by atoms with E-state index in [1.165, 1.54) is 7.11 Å². The van der Waals surface area contributed by atoms with Gasteiger partial charge in [-0.25, -0.2) is 9.59 Å². The van der Waals surface area contributed by atoms with Crippen molar-refractivity contribution in [3.63, 3.8) is 0 Å². The summed E-state index contributed by atoms with van der Waals surface area (Å²) >= 11 is 0. The predicted octanol–water partition coefficient (Wildman–Crippen LogP) is 4.08. The molecule has 0 aliphatic carbocycles. The molecule has 1 aromatic carbocycles. The molecule has 0 bridgehead atoms. The van der Waals surface area contributed by atoms with E-state index in [0.717, 1.165) is 5.56 Å². The largest absolute Gasteiger partial charge is 0.467 e. The molecule has 2 N–H and O–H groups in total. The van der Waals surface area contributed by atoms with Crippen molar-refractivity contribution in [1.82, 2.24) is 10.6 Å². The number of hydrogen-bond acceptors (Lipinski definition) is 5. The van der Waals surface area contributed by atoms with Crippen molar-refractivity contribution in [1.29, 1.82) is 0 Å². The van der Waals surface area contributed by atoms with E-state index in [1.807, 2.05) is 30.3 Å².